The number of ether oxygens (including phenoxy) is 1. The van der Waals surface area contributed by atoms with Crippen LogP contribution in [0.3, 0.4) is 0 Å². The Morgan fingerprint density at radius 2 is 2.00 bits per heavy atom. The Labute approximate surface area is 70.4 Å². The maximum Gasteiger partial charge on any atom is 0.0595 e. The van der Waals surface area contributed by atoms with Crippen LogP contribution in [-0.2, 0) is 4.74 Å². The van der Waals surface area contributed by atoms with Crippen LogP contribution in [-0.4, -0.2) is 12.7 Å². The first kappa shape index (κ1) is 10.7. The highest BCUT2D eigenvalue weighted by atomic mass is 16.5. The maximum atomic E-state index is 5.58. The van der Waals surface area contributed by atoms with Gasteiger partial charge in [-0.15, -0.1) is 6.58 Å². The van der Waals surface area contributed by atoms with Crippen molar-refractivity contribution >= 4 is 0 Å². The minimum Gasteiger partial charge on any atom is -0.378 e. The van der Waals surface area contributed by atoms with Gasteiger partial charge in [0.2, 0.25) is 0 Å². The third-order valence-electron chi connectivity index (χ3n) is 1.91. The molecule has 0 aliphatic heterocycles. The maximum absolute atomic E-state index is 5.58. The summed E-state index contributed by atoms with van der Waals surface area (Å²) in [4.78, 5) is 0. The van der Waals surface area contributed by atoms with Crippen molar-refractivity contribution in [3.8, 4) is 0 Å². The first-order valence-corrected chi connectivity index (χ1v) is 4.21. The van der Waals surface area contributed by atoms with Gasteiger partial charge in [-0.05, 0) is 18.8 Å². The van der Waals surface area contributed by atoms with Crippen molar-refractivity contribution in [2.24, 2.45) is 5.41 Å². The Balaban J connectivity index is 3.52. The normalized spacial score (nSPS) is 14.5. The molecule has 0 aromatic carbocycles. The second-order valence-corrected chi connectivity index (χ2v) is 3.96. The highest BCUT2D eigenvalue weighted by molar-refractivity contribution is 4.71. The molecule has 0 fully saturated rings. The van der Waals surface area contributed by atoms with Crippen LogP contribution in [0.2, 0.25) is 0 Å². The Hall–Kier alpha value is -0.300. The summed E-state index contributed by atoms with van der Waals surface area (Å²) >= 11 is 0. The Morgan fingerprint density at radius 3 is 2.36 bits per heavy atom. The van der Waals surface area contributed by atoms with E-state index < -0.39 is 0 Å². The minimum absolute atomic E-state index is 0.251. The molecule has 11 heavy (non-hydrogen) atoms. The van der Waals surface area contributed by atoms with Crippen LogP contribution >= 0.6 is 0 Å². The molecule has 0 aromatic rings. The molecule has 0 bridgehead atoms. The summed E-state index contributed by atoms with van der Waals surface area (Å²) in [6.07, 6.45) is 3.15. The summed E-state index contributed by atoms with van der Waals surface area (Å²) in [5, 5.41) is 0. The van der Waals surface area contributed by atoms with Crippen molar-refractivity contribution < 1.29 is 4.74 Å². The third-order valence-corrected chi connectivity index (χ3v) is 1.91. The molecule has 1 heteroatoms. The molecule has 1 unspecified atom stereocenters. The van der Waals surface area contributed by atoms with Crippen LogP contribution in [0.1, 0.15) is 34.1 Å². The number of rotatable bonds is 4. The molecule has 1 nitrogen and oxygen atoms in total. The van der Waals surface area contributed by atoms with Crippen molar-refractivity contribution in [3.05, 3.63) is 12.7 Å². The molecule has 0 amide bonds. The van der Waals surface area contributed by atoms with E-state index in [0.717, 1.165) is 13.0 Å². The Morgan fingerprint density at radius 1 is 1.45 bits per heavy atom. The largest absolute Gasteiger partial charge is 0.378 e. The third kappa shape index (κ3) is 5.02. The minimum atomic E-state index is 0.251. The molecule has 0 aliphatic rings. The van der Waals surface area contributed by atoms with Crippen LogP contribution < -0.4 is 0 Å². The van der Waals surface area contributed by atoms with Gasteiger partial charge in [0, 0.05) is 0 Å². The zero-order valence-corrected chi connectivity index (χ0v) is 8.18. The fourth-order valence-electron chi connectivity index (χ4n) is 0.578. The molecule has 0 saturated heterocycles. The zero-order valence-electron chi connectivity index (χ0n) is 8.18. The SMILES string of the molecule is C=CCCOC(C)C(C)(C)C. The summed E-state index contributed by atoms with van der Waals surface area (Å²) in [6, 6.07) is 0. The fraction of sp³-hybridized carbons (Fsp3) is 0.800. The molecule has 66 valence electrons. The van der Waals surface area contributed by atoms with Gasteiger partial charge in [0.05, 0.1) is 12.7 Å². The molecule has 0 spiro atoms. The van der Waals surface area contributed by atoms with Crippen LogP contribution in [0.5, 0.6) is 0 Å². The predicted molar refractivity (Wildman–Crippen MR) is 49.7 cm³/mol. The van der Waals surface area contributed by atoms with Gasteiger partial charge < -0.3 is 4.74 Å². The van der Waals surface area contributed by atoms with E-state index >= 15 is 0 Å². The Kier molecular flexibility index (Phi) is 4.43. The van der Waals surface area contributed by atoms with E-state index in [2.05, 4.69) is 34.3 Å². The number of hydrogen-bond donors (Lipinski definition) is 0. The summed E-state index contributed by atoms with van der Waals surface area (Å²) in [5.74, 6) is 0. The molecule has 0 N–H and O–H groups in total. The van der Waals surface area contributed by atoms with Crippen molar-refractivity contribution in [2.45, 2.75) is 40.2 Å². The highest BCUT2D eigenvalue weighted by Gasteiger charge is 2.19. The highest BCUT2D eigenvalue weighted by Crippen LogP contribution is 2.21. The lowest BCUT2D eigenvalue weighted by Gasteiger charge is -2.27. The summed E-state index contributed by atoms with van der Waals surface area (Å²) in [5.41, 5.74) is 0.251. The molecule has 0 rings (SSSR count). The summed E-state index contributed by atoms with van der Waals surface area (Å²) in [7, 11) is 0. The lowest BCUT2D eigenvalue weighted by atomic mass is 9.90. The van der Waals surface area contributed by atoms with Gasteiger partial charge in [-0.2, -0.15) is 0 Å². The lowest BCUT2D eigenvalue weighted by Crippen LogP contribution is -2.26. The van der Waals surface area contributed by atoms with E-state index in [9.17, 15) is 0 Å². The van der Waals surface area contributed by atoms with Crippen LogP contribution in [0, 0.1) is 5.41 Å². The van der Waals surface area contributed by atoms with Crippen molar-refractivity contribution in [1.29, 1.82) is 0 Å². The van der Waals surface area contributed by atoms with Crippen molar-refractivity contribution in [1.82, 2.24) is 0 Å². The first-order valence-electron chi connectivity index (χ1n) is 4.21. The molecule has 0 heterocycles. The van der Waals surface area contributed by atoms with Gasteiger partial charge in [-0.1, -0.05) is 26.8 Å². The van der Waals surface area contributed by atoms with E-state index in [1.54, 1.807) is 0 Å². The molecule has 0 radical (unpaired) electrons. The van der Waals surface area contributed by atoms with E-state index in [-0.39, 0.29) is 5.41 Å². The van der Waals surface area contributed by atoms with Gasteiger partial charge in [0.1, 0.15) is 0 Å². The Bertz CT molecular complexity index is 111. The molecule has 0 saturated carbocycles. The van der Waals surface area contributed by atoms with Gasteiger partial charge in [0.25, 0.3) is 0 Å². The number of hydrogen-bond acceptors (Lipinski definition) is 1. The first-order chi connectivity index (χ1) is 4.98. The van der Waals surface area contributed by atoms with Crippen molar-refractivity contribution in [3.63, 3.8) is 0 Å². The standard InChI is InChI=1S/C10H20O/c1-6-7-8-11-9(2)10(3,4)5/h6,9H,1,7-8H2,2-5H3. The summed E-state index contributed by atoms with van der Waals surface area (Å²) in [6.45, 7) is 13.1. The smallest absolute Gasteiger partial charge is 0.0595 e. The second-order valence-electron chi connectivity index (χ2n) is 3.96. The van der Waals surface area contributed by atoms with Crippen LogP contribution in [0.4, 0.5) is 0 Å². The van der Waals surface area contributed by atoms with E-state index in [4.69, 9.17) is 4.74 Å². The second kappa shape index (κ2) is 4.55. The van der Waals surface area contributed by atoms with Gasteiger partial charge >= 0.3 is 0 Å². The van der Waals surface area contributed by atoms with Crippen molar-refractivity contribution in [2.75, 3.05) is 6.61 Å². The molecular formula is C10H20O. The van der Waals surface area contributed by atoms with Crippen LogP contribution in [0.25, 0.3) is 0 Å². The topological polar surface area (TPSA) is 9.23 Å². The lowest BCUT2D eigenvalue weighted by molar-refractivity contribution is -0.00239. The average Bonchev–Trinajstić information content (AvgIpc) is 1.86. The van der Waals surface area contributed by atoms with E-state index in [1.807, 2.05) is 6.08 Å². The van der Waals surface area contributed by atoms with Crippen LogP contribution in [0.15, 0.2) is 12.7 Å². The van der Waals surface area contributed by atoms with Gasteiger partial charge in [-0.3, -0.25) is 0 Å². The predicted octanol–water partition coefficient (Wildman–Crippen LogP) is 3.01. The monoisotopic (exact) mass is 156 g/mol. The average molecular weight is 156 g/mol. The molecule has 0 aliphatic carbocycles. The fourth-order valence-corrected chi connectivity index (χ4v) is 0.578. The van der Waals surface area contributed by atoms with E-state index in [0.29, 0.717) is 6.10 Å². The van der Waals surface area contributed by atoms with Gasteiger partial charge in [-0.25, -0.2) is 0 Å². The molecular weight excluding hydrogens is 136 g/mol. The van der Waals surface area contributed by atoms with Gasteiger partial charge in [0.15, 0.2) is 0 Å². The quantitative estimate of drug-likeness (QED) is 0.449. The zero-order chi connectivity index (χ0) is 8.91. The summed E-state index contributed by atoms with van der Waals surface area (Å²) < 4.78 is 5.58. The van der Waals surface area contributed by atoms with E-state index in [1.165, 1.54) is 0 Å². The molecule has 1 atom stereocenters. The molecule has 0 aromatic heterocycles.